The maximum atomic E-state index is 13.3. The zero-order chi connectivity index (χ0) is 26.1. The first-order valence-corrected chi connectivity index (χ1v) is 12.8. The highest BCUT2D eigenvalue weighted by Crippen LogP contribution is 2.36. The number of halogens is 2. The van der Waals surface area contributed by atoms with Crippen molar-refractivity contribution in [2.45, 2.75) is 38.8 Å². The molecule has 5 rings (SSSR count). The first kappa shape index (κ1) is 25.5. The van der Waals surface area contributed by atoms with E-state index < -0.39 is 12.4 Å². The van der Waals surface area contributed by atoms with E-state index in [1.807, 2.05) is 37.4 Å². The quantitative estimate of drug-likeness (QED) is 0.350. The number of ether oxygens (including phenoxy) is 1. The van der Waals surface area contributed by atoms with Crippen molar-refractivity contribution in [2.24, 2.45) is 5.92 Å². The van der Waals surface area contributed by atoms with Gasteiger partial charge in [-0.15, -0.1) is 0 Å². The lowest BCUT2D eigenvalue weighted by molar-refractivity contribution is 0.0246. The van der Waals surface area contributed by atoms with Gasteiger partial charge in [-0.05, 0) is 61.1 Å². The van der Waals surface area contributed by atoms with Crippen molar-refractivity contribution < 1.29 is 23.4 Å². The molecule has 37 heavy (non-hydrogen) atoms. The molecule has 1 aliphatic heterocycles. The van der Waals surface area contributed by atoms with Crippen LogP contribution in [0.3, 0.4) is 0 Å². The summed E-state index contributed by atoms with van der Waals surface area (Å²) in [4.78, 5) is 19.3. The molecular weight excluding hydrogens is 478 g/mol. The van der Waals surface area contributed by atoms with Crippen molar-refractivity contribution in [3.05, 3.63) is 58.8 Å². The molecule has 9 heteroatoms. The van der Waals surface area contributed by atoms with Crippen LogP contribution in [-0.2, 0) is 6.54 Å². The number of benzene rings is 2. The minimum atomic E-state index is -2.41. The van der Waals surface area contributed by atoms with Crippen molar-refractivity contribution in [2.75, 3.05) is 45.2 Å². The van der Waals surface area contributed by atoms with Crippen LogP contribution in [0, 0.1) is 12.8 Å². The molecule has 2 aromatic carbocycles. The summed E-state index contributed by atoms with van der Waals surface area (Å²) in [5.74, 6) is 0.395. The molecular formula is C28H34F2N4O3. The molecule has 2 heterocycles. The van der Waals surface area contributed by atoms with Crippen LogP contribution in [0.25, 0.3) is 10.9 Å². The topological polar surface area (TPSA) is 80.8 Å². The number of carbonyl (C=O) groups is 1. The van der Waals surface area contributed by atoms with E-state index in [4.69, 9.17) is 4.74 Å². The summed E-state index contributed by atoms with van der Waals surface area (Å²) in [6, 6.07) is 9.24. The molecule has 1 aromatic heterocycles. The second-order valence-corrected chi connectivity index (χ2v) is 10.2. The molecule has 1 saturated carbocycles. The highest BCUT2D eigenvalue weighted by Gasteiger charge is 2.32. The molecule has 2 fully saturated rings. The van der Waals surface area contributed by atoms with Gasteiger partial charge in [0.2, 0.25) is 0 Å². The SMILES string of the molecule is COc1cc(C)c2[nH]ccc2c1CN1CCN(CC(F)F)C[C@H]1c1ccc(C(=O)O)c(NCC2CC2)c1. The molecule has 1 atom stereocenters. The van der Waals surface area contributed by atoms with Gasteiger partial charge in [-0.25, -0.2) is 13.6 Å². The predicted octanol–water partition coefficient (Wildman–Crippen LogP) is 5.13. The van der Waals surface area contributed by atoms with Crippen LogP contribution in [0.1, 0.15) is 45.9 Å². The van der Waals surface area contributed by atoms with E-state index in [9.17, 15) is 18.7 Å². The fraction of sp³-hybridized carbons (Fsp3) is 0.464. The van der Waals surface area contributed by atoms with Gasteiger partial charge in [0, 0.05) is 67.1 Å². The molecule has 2 aliphatic rings. The van der Waals surface area contributed by atoms with E-state index >= 15 is 0 Å². The highest BCUT2D eigenvalue weighted by molar-refractivity contribution is 5.94. The van der Waals surface area contributed by atoms with Crippen LogP contribution in [0.2, 0.25) is 0 Å². The highest BCUT2D eigenvalue weighted by atomic mass is 19.3. The van der Waals surface area contributed by atoms with E-state index in [1.165, 1.54) is 0 Å². The Bertz CT molecular complexity index is 1270. The number of carboxylic acid groups (broad SMARTS) is 1. The van der Waals surface area contributed by atoms with Gasteiger partial charge in [0.25, 0.3) is 6.43 Å². The molecule has 1 saturated heterocycles. The Balaban J connectivity index is 1.50. The summed E-state index contributed by atoms with van der Waals surface area (Å²) in [5, 5.41) is 14.2. The summed E-state index contributed by atoms with van der Waals surface area (Å²) in [6.07, 6.45) is 1.82. The largest absolute Gasteiger partial charge is 0.496 e. The Morgan fingerprint density at radius 1 is 1.24 bits per heavy atom. The Morgan fingerprint density at radius 2 is 2.05 bits per heavy atom. The Kier molecular flexibility index (Phi) is 7.35. The summed E-state index contributed by atoms with van der Waals surface area (Å²) >= 11 is 0. The first-order chi connectivity index (χ1) is 17.8. The number of rotatable bonds is 10. The van der Waals surface area contributed by atoms with Gasteiger partial charge in [-0.2, -0.15) is 0 Å². The third-order valence-electron chi connectivity index (χ3n) is 7.60. The summed E-state index contributed by atoms with van der Waals surface area (Å²) in [6.45, 7) is 4.65. The molecule has 198 valence electrons. The molecule has 0 unspecified atom stereocenters. The maximum absolute atomic E-state index is 13.3. The number of aromatic nitrogens is 1. The number of H-pyrrole nitrogens is 1. The van der Waals surface area contributed by atoms with E-state index in [0.717, 1.165) is 52.7 Å². The van der Waals surface area contributed by atoms with Gasteiger partial charge in [0.15, 0.2) is 0 Å². The molecule has 3 aromatic rings. The number of hydrogen-bond donors (Lipinski definition) is 3. The van der Waals surface area contributed by atoms with E-state index in [1.54, 1.807) is 18.1 Å². The van der Waals surface area contributed by atoms with E-state index in [0.29, 0.717) is 37.8 Å². The van der Waals surface area contributed by atoms with Crippen molar-refractivity contribution in [1.29, 1.82) is 0 Å². The molecule has 7 nitrogen and oxygen atoms in total. The number of methoxy groups -OCH3 is 1. The minimum absolute atomic E-state index is 0.183. The lowest BCUT2D eigenvalue weighted by atomic mass is 9.97. The number of hydrogen-bond acceptors (Lipinski definition) is 5. The average molecular weight is 513 g/mol. The Hall–Kier alpha value is -3.17. The van der Waals surface area contributed by atoms with Crippen molar-refractivity contribution >= 4 is 22.6 Å². The standard InChI is InChI=1S/C28H34F2N4O3/c1-17-11-25(37-2)22(20-7-8-31-27(17)20)14-34-10-9-33(16-26(29)30)15-24(34)19-5-6-21(28(35)36)23(12-19)32-13-18-3-4-18/h5-8,11-12,18,24,26,31-32H,3-4,9-10,13-16H2,1-2H3,(H,35,36)/t24-/m0/s1. The van der Waals surface area contributed by atoms with Crippen molar-refractivity contribution in [1.82, 2.24) is 14.8 Å². The van der Waals surface area contributed by atoms with Gasteiger partial charge < -0.3 is 20.1 Å². The smallest absolute Gasteiger partial charge is 0.337 e. The number of aromatic amines is 1. The minimum Gasteiger partial charge on any atom is -0.496 e. The number of fused-ring (bicyclic) bond motifs is 1. The second-order valence-electron chi connectivity index (χ2n) is 10.2. The predicted molar refractivity (Wildman–Crippen MR) is 140 cm³/mol. The van der Waals surface area contributed by atoms with Crippen LogP contribution in [0.5, 0.6) is 5.75 Å². The lowest BCUT2D eigenvalue weighted by Crippen LogP contribution is -2.49. The summed E-state index contributed by atoms with van der Waals surface area (Å²) in [5.41, 5.74) is 4.93. The number of nitrogens with one attached hydrogen (secondary N) is 2. The van der Waals surface area contributed by atoms with Crippen molar-refractivity contribution in [3.8, 4) is 5.75 Å². The summed E-state index contributed by atoms with van der Waals surface area (Å²) in [7, 11) is 1.66. The third-order valence-corrected chi connectivity index (χ3v) is 7.60. The molecule has 0 amide bonds. The van der Waals surface area contributed by atoms with Crippen LogP contribution in [0.4, 0.5) is 14.5 Å². The van der Waals surface area contributed by atoms with Crippen LogP contribution >= 0.6 is 0 Å². The Labute approximate surface area is 215 Å². The van der Waals surface area contributed by atoms with E-state index in [-0.39, 0.29) is 18.2 Å². The number of carboxylic acids is 1. The monoisotopic (exact) mass is 512 g/mol. The molecule has 0 bridgehead atoms. The normalized spacial score (nSPS) is 19.0. The molecule has 1 aliphatic carbocycles. The van der Waals surface area contributed by atoms with Gasteiger partial charge >= 0.3 is 5.97 Å². The van der Waals surface area contributed by atoms with Crippen molar-refractivity contribution in [3.63, 3.8) is 0 Å². The number of aromatic carboxylic acids is 1. The Morgan fingerprint density at radius 3 is 2.76 bits per heavy atom. The maximum Gasteiger partial charge on any atom is 0.337 e. The number of anilines is 1. The zero-order valence-corrected chi connectivity index (χ0v) is 21.3. The van der Waals surface area contributed by atoms with Gasteiger partial charge in [-0.3, -0.25) is 9.80 Å². The number of aryl methyl sites for hydroxylation is 1. The van der Waals surface area contributed by atoms with Crippen LogP contribution in [-0.4, -0.2) is 72.1 Å². The lowest BCUT2D eigenvalue weighted by Gasteiger charge is -2.42. The van der Waals surface area contributed by atoms with Crippen LogP contribution < -0.4 is 10.1 Å². The van der Waals surface area contributed by atoms with Gasteiger partial charge in [-0.1, -0.05) is 6.07 Å². The van der Waals surface area contributed by atoms with Gasteiger partial charge in [0.05, 0.1) is 19.2 Å². The molecule has 3 N–H and O–H groups in total. The van der Waals surface area contributed by atoms with Crippen LogP contribution in [0.15, 0.2) is 36.5 Å². The van der Waals surface area contributed by atoms with E-state index in [2.05, 4.69) is 15.2 Å². The number of piperazine rings is 1. The second kappa shape index (κ2) is 10.7. The summed E-state index contributed by atoms with van der Waals surface area (Å²) < 4.78 is 32.4. The number of nitrogens with zero attached hydrogens (tertiary/aromatic N) is 2. The fourth-order valence-electron chi connectivity index (χ4n) is 5.41. The molecule has 0 spiro atoms. The van der Waals surface area contributed by atoms with Gasteiger partial charge in [0.1, 0.15) is 5.75 Å². The fourth-order valence-corrected chi connectivity index (χ4v) is 5.41. The number of alkyl halides is 2. The zero-order valence-electron chi connectivity index (χ0n) is 21.3. The first-order valence-electron chi connectivity index (χ1n) is 12.8. The third kappa shape index (κ3) is 5.57. The molecule has 0 radical (unpaired) electrons. The average Bonchev–Trinajstić information content (AvgIpc) is 3.57.